The highest BCUT2D eigenvalue weighted by molar-refractivity contribution is 4.75. The van der Waals surface area contributed by atoms with Gasteiger partial charge in [0.05, 0.1) is 6.61 Å². The fraction of sp³-hybridized carbons (Fsp3) is 1.00. The second kappa shape index (κ2) is 8.21. The number of rotatable bonds is 8. The van der Waals surface area contributed by atoms with Crippen LogP contribution in [0.5, 0.6) is 0 Å². The molecule has 0 aliphatic heterocycles. The first-order chi connectivity index (χ1) is 6.67. The van der Waals surface area contributed by atoms with E-state index in [1.54, 1.807) is 7.11 Å². The fourth-order valence-corrected chi connectivity index (χ4v) is 1.81. The van der Waals surface area contributed by atoms with E-state index in [4.69, 9.17) is 10.5 Å². The maximum absolute atomic E-state index is 5.79. The third kappa shape index (κ3) is 4.94. The summed E-state index contributed by atoms with van der Waals surface area (Å²) in [6, 6.07) is 1.06. The van der Waals surface area contributed by atoms with Crippen LogP contribution in [0.4, 0.5) is 0 Å². The van der Waals surface area contributed by atoms with Gasteiger partial charge in [-0.2, -0.15) is 0 Å². The Balaban J connectivity index is 4.12. The molecule has 0 saturated heterocycles. The average Bonchev–Trinajstić information content (AvgIpc) is 2.16. The van der Waals surface area contributed by atoms with Crippen LogP contribution in [0.1, 0.15) is 33.6 Å². The van der Waals surface area contributed by atoms with Crippen molar-refractivity contribution >= 4 is 0 Å². The molecule has 0 aliphatic carbocycles. The minimum Gasteiger partial charge on any atom is -0.383 e. The molecule has 86 valence electrons. The molecule has 0 radical (unpaired) electrons. The Labute approximate surface area is 88.6 Å². The summed E-state index contributed by atoms with van der Waals surface area (Å²) in [5, 5.41) is 0. The quantitative estimate of drug-likeness (QED) is 0.648. The monoisotopic (exact) mass is 202 g/mol. The second-order valence-electron chi connectivity index (χ2n) is 4.00. The molecule has 1 atom stereocenters. The SMILES string of the molecule is CCCC(CN)N(CCOC)C(C)C. The van der Waals surface area contributed by atoms with Gasteiger partial charge in [-0.1, -0.05) is 13.3 Å². The van der Waals surface area contributed by atoms with Crippen LogP contribution in [0.15, 0.2) is 0 Å². The van der Waals surface area contributed by atoms with Crippen LogP contribution in [0, 0.1) is 0 Å². The van der Waals surface area contributed by atoms with Crippen molar-refractivity contribution in [3.8, 4) is 0 Å². The molecular weight excluding hydrogens is 176 g/mol. The van der Waals surface area contributed by atoms with Gasteiger partial charge in [0.25, 0.3) is 0 Å². The molecule has 0 saturated carbocycles. The summed E-state index contributed by atoms with van der Waals surface area (Å²) in [6.07, 6.45) is 2.37. The number of nitrogens with two attached hydrogens (primary N) is 1. The van der Waals surface area contributed by atoms with E-state index in [9.17, 15) is 0 Å². The highest BCUT2D eigenvalue weighted by Crippen LogP contribution is 2.09. The number of nitrogens with zero attached hydrogens (tertiary/aromatic N) is 1. The zero-order chi connectivity index (χ0) is 11.0. The predicted molar refractivity (Wildman–Crippen MR) is 61.5 cm³/mol. The van der Waals surface area contributed by atoms with Crippen molar-refractivity contribution in [1.29, 1.82) is 0 Å². The molecule has 0 fully saturated rings. The maximum atomic E-state index is 5.79. The van der Waals surface area contributed by atoms with Crippen LogP contribution in [0.25, 0.3) is 0 Å². The molecule has 0 amide bonds. The van der Waals surface area contributed by atoms with Crippen LogP contribution in [-0.2, 0) is 4.74 Å². The van der Waals surface area contributed by atoms with E-state index >= 15 is 0 Å². The maximum Gasteiger partial charge on any atom is 0.0589 e. The van der Waals surface area contributed by atoms with Gasteiger partial charge in [0, 0.05) is 32.3 Å². The third-order valence-electron chi connectivity index (χ3n) is 2.58. The van der Waals surface area contributed by atoms with Gasteiger partial charge in [0.2, 0.25) is 0 Å². The van der Waals surface area contributed by atoms with E-state index in [0.717, 1.165) is 19.7 Å². The normalized spacial score (nSPS) is 13.9. The molecule has 0 aliphatic rings. The topological polar surface area (TPSA) is 38.5 Å². The lowest BCUT2D eigenvalue weighted by atomic mass is 10.1. The van der Waals surface area contributed by atoms with Crippen molar-refractivity contribution in [2.75, 3.05) is 26.8 Å². The smallest absolute Gasteiger partial charge is 0.0589 e. The molecule has 0 aromatic rings. The van der Waals surface area contributed by atoms with E-state index in [1.807, 2.05) is 0 Å². The van der Waals surface area contributed by atoms with Crippen LogP contribution in [-0.4, -0.2) is 43.8 Å². The summed E-state index contributed by atoms with van der Waals surface area (Å²) in [5.41, 5.74) is 5.79. The summed E-state index contributed by atoms with van der Waals surface area (Å²) >= 11 is 0. The van der Waals surface area contributed by atoms with Crippen molar-refractivity contribution in [3.63, 3.8) is 0 Å². The van der Waals surface area contributed by atoms with E-state index < -0.39 is 0 Å². The molecule has 0 bridgehead atoms. The van der Waals surface area contributed by atoms with Crippen LogP contribution >= 0.6 is 0 Å². The molecule has 3 nitrogen and oxygen atoms in total. The van der Waals surface area contributed by atoms with Crippen molar-refractivity contribution in [2.45, 2.75) is 45.7 Å². The molecule has 3 heteroatoms. The first kappa shape index (κ1) is 13.9. The van der Waals surface area contributed by atoms with Crippen molar-refractivity contribution in [1.82, 2.24) is 4.90 Å². The fourth-order valence-electron chi connectivity index (χ4n) is 1.81. The van der Waals surface area contributed by atoms with Crippen LogP contribution in [0.3, 0.4) is 0 Å². The van der Waals surface area contributed by atoms with Gasteiger partial charge in [0.15, 0.2) is 0 Å². The van der Waals surface area contributed by atoms with E-state index in [2.05, 4.69) is 25.7 Å². The molecule has 0 heterocycles. The van der Waals surface area contributed by atoms with Crippen molar-refractivity contribution in [2.24, 2.45) is 5.73 Å². The molecule has 0 spiro atoms. The molecule has 14 heavy (non-hydrogen) atoms. The highest BCUT2D eigenvalue weighted by Gasteiger charge is 2.18. The minimum absolute atomic E-state index is 0.509. The number of hydrogen-bond acceptors (Lipinski definition) is 3. The Kier molecular flexibility index (Phi) is 8.14. The Morgan fingerprint density at radius 1 is 1.36 bits per heavy atom. The lowest BCUT2D eigenvalue weighted by Gasteiger charge is -2.34. The first-order valence-electron chi connectivity index (χ1n) is 5.62. The second-order valence-corrected chi connectivity index (χ2v) is 4.00. The van der Waals surface area contributed by atoms with Gasteiger partial charge >= 0.3 is 0 Å². The molecule has 0 rings (SSSR count). The molecule has 0 aromatic carbocycles. The standard InChI is InChI=1S/C11H26N2O/c1-5-6-11(9-12)13(10(2)3)7-8-14-4/h10-11H,5-9,12H2,1-4H3. The Morgan fingerprint density at radius 3 is 2.36 bits per heavy atom. The Morgan fingerprint density at radius 2 is 2.00 bits per heavy atom. The summed E-state index contributed by atoms with van der Waals surface area (Å²) in [5.74, 6) is 0. The van der Waals surface area contributed by atoms with Gasteiger partial charge in [0.1, 0.15) is 0 Å². The first-order valence-corrected chi connectivity index (χ1v) is 5.62. The van der Waals surface area contributed by atoms with Gasteiger partial charge in [-0.3, -0.25) is 4.90 Å². The van der Waals surface area contributed by atoms with Crippen molar-refractivity contribution in [3.05, 3.63) is 0 Å². The van der Waals surface area contributed by atoms with E-state index in [0.29, 0.717) is 12.1 Å². The Hall–Kier alpha value is -0.120. The van der Waals surface area contributed by atoms with Gasteiger partial charge in [-0.15, -0.1) is 0 Å². The van der Waals surface area contributed by atoms with E-state index in [1.165, 1.54) is 12.8 Å². The van der Waals surface area contributed by atoms with E-state index in [-0.39, 0.29) is 0 Å². The van der Waals surface area contributed by atoms with Gasteiger partial charge < -0.3 is 10.5 Å². The van der Waals surface area contributed by atoms with Gasteiger partial charge in [-0.25, -0.2) is 0 Å². The summed E-state index contributed by atoms with van der Waals surface area (Å²) < 4.78 is 5.11. The lowest BCUT2D eigenvalue weighted by molar-refractivity contribution is 0.0941. The summed E-state index contributed by atoms with van der Waals surface area (Å²) in [6.45, 7) is 9.16. The van der Waals surface area contributed by atoms with Crippen molar-refractivity contribution < 1.29 is 4.74 Å². The largest absolute Gasteiger partial charge is 0.383 e. The summed E-state index contributed by atoms with van der Waals surface area (Å²) in [7, 11) is 1.75. The average molecular weight is 202 g/mol. The number of ether oxygens (including phenoxy) is 1. The minimum atomic E-state index is 0.509. The predicted octanol–water partition coefficient (Wildman–Crippen LogP) is 1.47. The van der Waals surface area contributed by atoms with Crippen LogP contribution < -0.4 is 5.73 Å². The zero-order valence-corrected chi connectivity index (χ0v) is 10.1. The summed E-state index contributed by atoms with van der Waals surface area (Å²) in [4.78, 5) is 2.44. The Bertz CT molecular complexity index is 128. The molecule has 0 aromatic heterocycles. The molecule has 1 unspecified atom stereocenters. The third-order valence-corrected chi connectivity index (χ3v) is 2.58. The number of methoxy groups -OCH3 is 1. The van der Waals surface area contributed by atoms with Crippen LogP contribution in [0.2, 0.25) is 0 Å². The highest BCUT2D eigenvalue weighted by atomic mass is 16.5. The van der Waals surface area contributed by atoms with Gasteiger partial charge in [-0.05, 0) is 20.3 Å². The molecule has 2 N–H and O–H groups in total. The zero-order valence-electron chi connectivity index (χ0n) is 10.1. The molecular formula is C11H26N2O. The number of hydrogen-bond donors (Lipinski definition) is 1. The lowest BCUT2D eigenvalue weighted by Crippen LogP contribution is -2.46.